The molecule has 3 heteroatoms. The van der Waals surface area contributed by atoms with Gasteiger partial charge >= 0.3 is 0 Å². The van der Waals surface area contributed by atoms with E-state index in [2.05, 4.69) is 26.0 Å². The first-order valence-corrected chi connectivity index (χ1v) is 9.67. The number of carbonyl (C=O) groups excluding carboxylic acids is 1. The summed E-state index contributed by atoms with van der Waals surface area (Å²) in [6.07, 6.45) is 13.0. The van der Waals surface area contributed by atoms with Gasteiger partial charge in [-0.2, -0.15) is 0 Å². The van der Waals surface area contributed by atoms with Gasteiger partial charge in [0.15, 0.2) is 11.6 Å². The van der Waals surface area contributed by atoms with Crippen LogP contribution in [0, 0.1) is 28.6 Å². The van der Waals surface area contributed by atoms with Crippen molar-refractivity contribution in [1.29, 1.82) is 0 Å². The average Bonchev–Trinajstić information content (AvgIpc) is 3.14. The van der Waals surface area contributed by atoms with Crippen LogP contribution < -0.4 is 0 Å². The third kappa shape index (κ3) is 1.83. The highest BCUT2D eigenvalue weighted by Crippen LogP contribution is 2.64. The molecule has 5 atom stereocenters. The summed E-state index contributed by atoms with van der Waals surface area (Å²) in [6.45, 7) is 6.15. The summed E-state index contributed by atoms with van der Waals surface area (Å²) in [7, 11) is 0. The molecule has 3 nitrogen and oxygen atoms in total. The van der Waals surface area contributed by atoms with Crippen LogP contribution in [0.25, 0.3) is 0 Å². The zero-order valence-electron chi connectivity index (χ0n) is 14.8. The molecule has 2 saturated carbocycles. The van der Waals surface area contributed by atoms with Crippen molar-refractivity contribution in [3.05, 3.63) is 23.8 Å². The summed E-state index contributed by atoms with van der Waals surface area (Å²) in [5, 5.41) is 0. The lowest BCUT2D eigenvalue weighted by molar-refractivity contribution is -0.184. The standard InChI is InChI=1S/C21H28O3/c1-19-9-10-21(23-11-12-24-21)13-14(19)3-4-15-16-5-6-18(22)20(16,2)8-7-17(15)19/h3,5-6,15-17H,4,7-13H2,1-2H3/t15?,16?,17?,19-,20?/m0/s1. The third-order valence-electron chi connectivity index (χ3n) is 8.19. The van der Waals surface area contributed by atoms with Crippen LogP contribution in [0.2, 0.25) is 0 Å². The number of fused-ring (bicyclic) bond motifs is 5. The molecule has 0 aromatic carbocycles. The van der Waals surface area contributed by atoms with Gasteiger partial charge in [-0.3, -0.25) is 4.79 Å². The Kier molecular flexibility index (Phi) is 3.08. The molecule has 0 N–H and O–H groups in total. The first-order valence-electron chi connectivity index (χ1n) is 9.67. The fourth-order valence-electron chi connectivity index (χ4n) is 6.63. The molecular formula is C21H28O3. The van der Waals surface area contributed by atoms with E-state index in [0.29, 0.717) is 23.5 Å². The van der Waals surface area contributed by atoms with Crippen LogP contribution in [0.5, 0.6) is 0 Å². The van der Waals surface area contributed by atoms with Crippen molar-refractivity contribution >= 4 is 5.78 Å². The van der Waals surface area contributed by atoms with Crippen LogP contribution in [-0.2, 0) is 14.3 Å². The Morgan fingerprint density at radius 2 is 1.88 bits per heavy atom. The van der Waals surface area contributed by atoms with Crippen molar-refractivity contribution in [3.63, 3.8) is 0 Å². The summed E-state index contributed by atoms with van der Waals surface area (Å²) in [5.41, 5.74) is 1.70. The summed E-state index contributed by atoms with van der Waals surface area (Å²) in [5.74, 6) is 1.80. The Balaban J connectivity index is 1.48. The van der Waals surface area contributed by atoms with E-state index >= 15 is 0 Å². The van der Waals surface area contributed by atoms with Gasteiger partial charge in [-0.25, -0.2) is 0 Å². The summed E-state index contributed by atoms with van der Waals surface area (Å²) >= 11 is 0. The molecule has 0 radical (unpaired) electrons. The molecule has 0 aromatic heterocycles. The van der Waals surface area contributed by atoms with Gasteiger partial charge in [0.05, 0.1) is 13.2 Å². The Bertz CT molecular complexity index is 641. The van der Waals surface area contributed by atoms with Gasteiger partial charge in [0.2, 0.25) is 0 Å². The minimum absolute atomic E-state index is 0.129. The van der Waals surface area contributed by atoms with Gasteiger partial charge in [-0.15, -0.1) is 0 Å². The van der Waals surface area contributed by atoms with Gasteiger partial charge in [0.1, 0.15) is 0 Å². The molecule has 1 heterocycles. The van der Waals surface area contributed by atoms with Crippen LogP contribution in [0.4, 0.5) is 0 Å². The quantitative estimate of drug-likeness (QED) is 0.630. The predicted molar refractivity (Wildman–Crippen MR) is 91.3 cm³/mol. The number of hydrogen-bond donors (Lipinski definition) is 0. The Hall–Kier alpha value is -0.930. The molecule has 5 aliphatic rings. The first kappa shape index (κ1) is 15.3. The van der Waals surface area contributed by atoms with Crippen LogP contribution in [0.3, 0.4) is 0 Å². The van der Waals surface area contributed by atoms with Crippen molar-refractivity contribution in [3.8, 4) is 0 Å². The van der Waals surface area contributed by atoms with Crippen LogP contribution >= 0.6 is 0 Å². The predicted octanol–water partition coefficient (Wildman–Crippen LogP) is 4.04. The lowest BCUT2D eigenvalue weighted by atomic mass is 9.48. The Morgan fingerprint density at radius 3 is 2.67 bits per heavy atom. The average molecular weight is 328 g/mol. The van der Waals surface area contributed by atoms with Gasteiger partial charge in [0.25, 0.3) is 0 Å². The maximum Gasteiger partial charge on any atom is 0.172 e. The van der Waals surface area contributed by atoms with Crippen LogP contribution in [0.15, 0.2) is 23.8 Å². The van der Waals surface area contributed by atoms with E-state index in [9.17, 15) is 4.79 Å². The second-order valence-corrected chi connectivity index (χ2v) is 9.14. The molecule has 1 spiro atoms. The third-order valence-corrected chi connectivity index (χ3v) is 8.19. The number of ether oxygens (including phenoxy) is 2. The highest BCUT2D eigenvalue weighted by molar-refractivity contribution is 5.97. The molecular weight excluding hydrogens is 300 g/mol. The molecule has 0 bridgehead atoms. The van der Waals surface area contributed by atoms with Gasteiger partial charge in [-0.1, -0.05) is 31.6 Å². The van der Waals surface area contributed by atoms with E-state index in [-0.39, 0.29) is 16.6 Å². The van der Waals surface area contributed by atoms with Crippen molar-refractivity contribution in [1.82, 2.24) is 0 Å². The van der Waals surface area contributed by atoms with Crippen molar-refractivity contribution < 1.29 is 14.3 Å². The molecule has 5 rings (SSSR count). The summed E-state index contributed by atoms with van der Waals surface area (Å²) in [6, 6.07) is 0. The second-order valence-electron chi connectivity index (χ2n) is 9.14. The zero-order valence-corrected chi connectivity index (χ0v) is 14.8. The van der Waals surface area contributed by atoms with E-state index in [0.717, 1.165) is 45.3 Å². The van der Waals surface area contributed by atoms with Crippen LogP contribution in [0.1, 0.15) is 52.4 Å². The number of hydrogen-bond acceptors (Lipinski definition) is 3. The van der Waals surface area contributed by atoms with E-state index < -0.39 is 0 Å². The fourth-order valence-corrected chi connectivity index (χ4v) is 6.63. The topological polar surface area (TPSA) is 35.5 Å². The smallest absolute Gasteiger partial charge is 0.172 e. The van der Waals surface area contributed by atoms with Gasteiger partial charge in [0, 0.05) is 18.3 Å². The maximum atomic E-state index is 12.4. The SMILES string of the molecule is CC12CCC3C(CC=C4CC5(CC[C@@]43C)OCCO5)C1C=CC2=O. The van der Waals surface area contributed by atoms with Gasteiger partial charge in [-0.05, 0) is 54.9 Å². The fraction of sp³-hybridized carbons (Fsp3) is 0.762. The lowest BCUT2D eigenvalue weighted by Gasteiger charge is -2.57. The van der Waals surface area contributed by atoms with E-state index in [4.69, 9.17) is 9.47 Å². The number of rotatable bonds is 0. The molecule has 24 heavy (non-hydrogen) atoms. The minimum Gasteiger partial charge on any atom is -0.347 e. The van der Waals surface area contributed by atoms with E-state index in [1.165, 1.54) is 6.42 Å². The Morgan fingerprint density at radius 1 is 1.08 bits per heavy atom. The molecule has 1 aliphatic heterocycles. The van der Waals surface area contributed by atoms with Crippen LogP contribution in [-0.4, -0.2) is 24.8 Å². The Labute approximate surface area is 144 Å². The first-order chi connectivity index (χ1) is 11.5. The maximum absolute atomic E-state index is 12.4. The van der Waals surface area contributed by atoms with Gasteiger partial charge < -0.3 is 9.47 Å². The number of allylic oxidation sites excluding steroid dienone is 3. The summed E-state index contributed by atoms with van der Waals surface area (Å²) < 4.78 is 12.0. The minimum atomic E-state index is -0.329. The summed E-state index contributed by atoms with van der Waals surface area (Å²) in [4.78, 5) is 12.4. The molecule has 0 amide bonds. The monoisotopic (exact) mass is 328 g/mol. The normalized spacial score (nSPS) is 48.8. The zero-order chi connectivity index (χ0) is 16.6. The number of ketones is 1. The molecule has 130 valence electrons. The van der Waals surface area contributed by atoms with Crippen molar-refractivity contribution in [2.45, 2.75) is 58.2 Å². The van der Waals surface area contributed by atoms with Crippen molar-refractivity contribution in [2.24, 2.45) is 28.6 Å². The molecule has 3 fully saturated rings. The van der Waals surface area contributed by atoms with E-state index in [1.54, 1.807) is 5.57 Å². The molecule has 4 aliphatic carbocycles. The largest absolute Gasteiger partial charge is 0.347 e. The van der Waals surface area contributed by atoms with Crippen molar-refractivity contribution in [2.75, 3.05) is 13.2 Å². The molecule has 0 aromatic rings. The van der Waals surface area contributed by atoms with E-state index in [1.807, 2.05) is 6.08 Å². The number of carbonyl (C=O) groups is 1. The highest BCUT2D eigenvalue weighted by Gasteiger charge is 2.59. The molecule has 1 saturated heterocycles. The second kappa shape index (κ2) is 4.82. The highest BCUT2D eigenvalue weighted by atomic mass is 16.7. The molecule has 4 unspecified atom stereocenters. The lowest BCUT2D eigenvalue weighted by Crippen LogP contribution is -2.52.